The second-order valence-electron chi connectivity index (χ2n) is 4.23. The molecule has 0 atom stereocenters. The van der Waals surface area contributed by atoms with Crippen LogP contribution in [0.4, 0.5) is 0 Å². The summed E-state index contributed by atoms with van der Waals surface area (Å²) in [5, 5.41) is 4.10. The van der Waals surface area contributed by atoms with Crippen molar-refractivity contribution in [1.82, 2.24) is 14.7 Å². The minimum atomic E-state index is -0.460. The van der Waals surface area contributed by atoms with Crippen molar-refractivity contribution in [2.24, 2.45) is 5.73 Å². The first-order chi connectivity index (χ1) is 7.75. The first kappa shape index (κ1) is 11.1. The van der Waals surface area contributed by atoms with Gasteiger partial charge in [-0.1, -0.05) is 0 Å². The molecule has 0 unspecified atom stereocenters. The molecule has 1 aromatic rings. The van der Waals surface area contributed by atoms with Crippen LogP contribution in [0.15, 0.2) is 12.3 Å². The van der Waals surface area contributed by atoms with Crippen LogP contribution >= 0.6 is 0 Å². The van der Waals surface area contributed by atoms with Crippen LogP contribution in [-0.4, -0.2) is 40.2 Å². The zero-order valence-corrected chi connectivity index (χ0v) is 9.43. The molecule has 88 valence electrons. The summed E-state index contributed by atoms with van der Waals surface area (Å²) in [6, 6.07) is 1.66. The maximum atomic E-state index is 10.8. The molecule has 5 heteroatoms. The molecule has 1 fully saturated rings. The van der Waals surface area contributed by atoms with Crippen molar-refractivity contribution in [3.8, 4) is 0 Å². The van der Waals surface area contributed by atoms with E-state index in [1.165, 1.54) is 25.9 Å². The van der Waals surface area contributed by atoms with E-state index in [-0.39, 0.29) is 0 Å². The van der Waals surface area contributed by atoms with E-state index in [2.05, 4.69) is 10.00 Å². The predicted octanol–water partition coefficient (Wildman–Crippen LogP) is 0.468. The fourth-order valence-corrected chi connectivity index (χ4v) is 2.08. The van der Waals surface area contributed by atoms with Crippen molar-refractivity contribution >= 4 is 5.91 Å². The standard InChI is InChI=1S/C11H18N4O/c12-11(16)10-4-9-15(13-10)8-3-7-14-5-1-2-6-14/h4,9H,1-3,5-8H2,(H2,12,16). The van der Waals surface area contributed by atoms with Gasteiger partial charge in [0.25, 0.3) is 5.91 Å². The van der Waals surface area contributed by atoms with E-state index < -0.39 is 5.91 Å². The Balaban J connectivity index is 1.74. The number of amides is 1. The molecule has 0 saturated carbocycles. The van der Waals surface area contributed by atoms with Gasteiger partial charge in [0.1, 0.15) is 5.69 Å². The van der Waals surface area contributed by atoms with E-state index in [0.29, 0.717) is 5.69 Å². The van der Waals surface area contributed by atoms with E-state index in [1.54, 1.807) is 10.7 Å². The van der Waals surface area contributed by atoms with Crippen LogP contribution < -0.4 is 5.73 Å². The average Bonchev–Trinajstić information content (AvgIpc) is 2.87. The van der Waals surface area contributed by atoms with E-state index in [4.69, 9.17) is 5.73 Å². The monoisotopic (exact) mass is 222 g/mol. The number of rotatable bonds is 5. The van der Waals surface area contributed by atoms with Crippen LogP contribution in [0.5, 0.6) is 0 Å². The Morgan fingerprint density at radius 3 is 2.75 bits per heavy atom. The van der Waals surface area contributed by atoms with Crippen molar-refractivity contribution < 1.29 is 4.79 Å². The Labute approximate surface area is 95.2 Å². The highest BCUT2D eigenvalue weighted by molar-refractivity contribution is 5.90. The van der Waals surface area contributed by atoms with Crippen LogP contribution in [0, 0.1) is 0 Å². The summed E-state index contributed by atoms with van der Waals surface area (Å²) in [6.07, 6.45) is 5.53. The Hall–Kier alpha value is -1.36. The number of carbonyl (C=O) groups excluding carboxylic acids is 1. The molecule has 16 heavy (non-hydrogen) atoms. The summed E-state index contributed by atoms with van der Waals surface area (Å²) in [5.74, 6) is -0.460. The van der Waals surface area contributed by atoms with Gasteiger partial charge in [-0.05, 0) is 45.0 Å². The Kier molecular flexibility index (Phi) is 3.56. The quantitative estimate of drug-likeness (QED) is 0.787. The van der Waals surface area contributed by atoms with Gasteiger partial charge < -0.3 is 10.6 Å². The third-order valence-corrected chi connectivity index (χ3v) is 2.95. The molecule has 5 nitrogen and oxygen atoms in total. The Bertz CT molecular complexity index is 355. The molecule has 1 saturated heterocycles. The summed E-state index contributed by atoms with van der Waals surface area (Å²) in [6.45, 7) is 4.42. The van der Waals surface area contributed by atoms with Crippen LogP contribution in [0.1, 0.15) is 29.8 Å². The van der Waals surface area contributed by atoms with Crippen LogP contribution in [0.25, 0.3) is 0 Å². The third-order valence-electron chi connectivity index (χ3n) is 2.95. The maximum absolute atomic E-state index is 10.8. The molecule has 1 aliphatic rings. The van der Waals surface area contributed by atoms with Crippen LogP contribution in [-0.2, 0) is 6.54 Å². The number of aromatic nitrogens is 2. The topological polar surface area (TPSA) is 64.2 Å². The largest absolute Gasteiger partial charge is 0.364 e. The molecule has 1 aliphatic heterocycles. The first-order valence-electron chi connectivity index (χ1n) is 5.81. The number of nitrogens with zero attached hydrogens (tertiary/aromatic N) is 3. The maximum Gasteiger partial charge on any atom is 0.269 e. The highest BCUT2D eigenvalue weighted by Crippen LogP contribution is 2.07. The van der Waals surface area contributed by atoms with Crippen LogP contribution in [0.2, 0.25) is 0 Å². The molecule has 0 aromatic carbocycles. The van der Waals surface area contributed by atoms with E-state index in [0.717, 1.165) is 19.5 Å². The number of carbonyl (C=O) groups is 1. The molecule has 0 spiro atoms. The second-order valence-corrected chi connectivity index (χ2v) is 4.23. The lowest BCUT2D eigenvalue weighted by molar-refractivity contribution is 0.0994. The summed E-state index contributed by atoms with van der Waals surface area (Å²) >= 11 is 0. The molecule has 1 aromatic heterocycles. The van der Waals surface area contributed by atoms with Gasteiger partial charge in [0.05, 0.1) is 0 Å². The van der Waals surface area contributed by atoms with E-state index in [9.17, 15) is 4.79 Å². The first-order valence-corrected chi connectivity index (χ1v) is 5.81. The number of aryl methyl sites for hydroxylation is 1. The average molecular weight is 222 g/mol. The normalized spacial score (nSPS) is 16.8. The van der Waals surface area contributed by atoms with E-state index in [1.807, 2.05) is 6.20 Å². The molecule has 2 heterocycles. The number of hydrogen-bond acceptors (Lipinski definition) is 3. The molecule has 0 aliphatic carbocycles. The number of primary amides is 1. The number of likely N-dealkylation sites (tertiary alicyclic amines) is 1. The van der Waals surface area contributed by atoms with Gasteiger partial charge in [-0.2, -0.15) is 5.10 Å². The van der Waals surface area contributed by atoms with Gasteiger partial charge in [-0.3, -0.25) is 9.48 Å². The highest BCUT2D eigenvalue weighted by Gasteiger charge is 2.10. The van der Waals surface area contributed by atoms with Gasteiger partial charge in [0.2, 0.25) is 0 Å². The lowest BCUT2D eigenvalue weighted by atomic mass is 10.4. The summed E-state index contributed by atoms with van der Waals surface area (Å²) in [5.41, 5.74) is 5.48. The van der Waals surface area contributed by atoms with Crippen molar-refractivity contribution in [1.29, 1.82) is 0 Å². The minimum Gasteiger partial charge on any atom is -0.364 e. The molecule has 0 radical (unpaired) electrons. The number of hydrogen-bond donors (Lipinski definition) is 1. The van der Waals surface area contributed by atoms with Gasteiger partial charge >= 0.3 is 0 Å². The zero-order valence-electron chi connectivity index (χ0n) is 9.43. The highest BCUT2D eigenvalue weighted by atomic mass is 16.1. The van der Waals surface area contributed by atoms with Crippen molar-refractivity contribution in [2.45, 2.75) is 25.8 Å². The molecule has 1 amide bonds. The number of nitrogens with two attached hydrogens (primary N) is 1. The fraction of sp³-hybridized carbons (Fsp3) is 0.636. The SMILES string of the molecule is NC(=O)c1ccn(CCCN2CCCC2)n1. The van der Waals surface area contributed by atoms with Crippen molar-refractivity contribution in [2.75, 3.05) is 19.6 Å². The molecular weight excluding hydrogens is 204 g/mol. The molecule has 2 N–H and O–H groups in total. The lowest BCUT2D eigenvalue weighted by Crippen LogP contribution is -2.21. The van der Waals surface area contributed by atoms with Crippen LogP contribution in [0.3, 0.4) is 0 Å². The minimum absolute atomic E-state index is 0.348. The Morgan fingerprint density at radius 1 is 1.38 bits per heavy atom. The Morgan fingerprint density at radius 2 is 2.12 bits per heavy atom. The van der Waals surface area contributed by atoms with Crippen molar-refractivity contribution in [3.05, 3.63) is 18.0 Å². The predicted molar refractivity (Wildman–Crippen MR) is 61.0 cm³/mol. The molecular formula is C11H18N4O. The smallest absolute Gasteiger partial charge is 0.269 e. The molecule has 2 rings (SSSR count). The summed E-state index contributed by atoms with van der Waals surface area (Å²) in [4.78, 5) is 13.3. The second kappa shape index (κ2) is 5.12. The summed E-state index contributed by atoms with van der Waals surface area (Å²) < 4.78 is 1.79. The zero-order chi connectivity index (χ0) is 11.4. The van der Waals surface area contributed by atoms with Gasteiger partial charge in [-0.15, -0.1) is 0 Å². The third kappa shape index (κ3) is 2.82. The van der Waals surface area contributed by atoms with Gasteiger partial charge in [-0.25, -0.2) is 0 Å². The van der Waals surface area contributed by atoms with E-state index >= 15 is 0 Å². The molecule has 0 bridgehead atoms. The lowest BCUT2D eigenvalue weighted by Gasteiger charge is -2.13. The fourth-order valence-electron chi connectivity index (χ4n) is 2.08. The summed E-state index contributed by atoms with van der Waals surface area (Å²) in [7, 11) is 0. The van der Waals surface area contributed by atoms with Gasteiger partial charge in [0, 0.05) is 12.7 Å². The van der Waals surface area contributed by atoms with Crippen molar-refractivity contribution in [3.63, 3.8) is 0 Å². The van der Waals surface area contributed by atoms with Gasteiger partial charge in [0.15, 0.2) is 0 Å².